The van der Waals surface area contributed by atoms with Crippen molar-refractivity contribution in [2.75, 3.05) is 27.2 Å². The summed E-state index contributed by atoms with van der Waals surface area (Å²) in [6.07, 6.45) is 2.84. The fourth-order valence-corrected chi connectivity index (χ4v) is 2.65. The zero-order valence-electron chi connectivity index (χ0n) is 10.4. The molecule has 2 atom stereocenters. The van der Waals surface area contributed by atoms with E-state index in [-0.39, 0.29) is 0 Å². The van der Waals surface area contributed by atoms with Crippen LogP contribution in [0.4, 0.5) is 0 Å². The van der Waals surface area contributed by atoms with Crippen molar-refractivity contribution in [1.82, 2.24) is 0 Å². The van der Waals surface area contributed by atoms with E-state index in [1.54, 1.807) is 0 Å². The lowest BCUT2D eigenvalue weighted by molar-refractivity contribution is -0.950. The monoisotopic (exact) mass is 200 g/mol. The van der Waals surface area contributed by atoms with Gasteiger partial charge in [-0.3, -0.25) is 0 Å². The highest BCUT2D eigenvalue weighted by molar-refractivity contribution is 4.68. The van der Waals surface area contributed by atoms with Gasteiger partial charge in [-0.2, -0.15) is 0 Å². The van der Waals surface area contributed by atoms with Gasteiger partial charge in [-0.1, -0.05) is 20.8 Å². The van der Waals surface area contributed by atoms with Gasteiger partial charge >= 0.3 is 0 Å². The van der Waals surface area contributed by atoms with Crippen LogP contribution in [0.25, 0.3) is 0 Å². The highest BCUT2D eigenvalue weighted by atomic mass is 16.5. The summed E-state index contributed by atoms with van der Waals surface area (Å²) in [4.78, 5) is 0. The predicted molar refractivity (Wildman–Crippen MR) is 60.0 cm³/mol. The number of nitrogens with zero attached hydrogens (tertiary/aromatic N) is 1. The van der Waals surface area contributed by atoms with Gasteiger partial charge in [0, 0.05) is 12.3 Å². The first-order chi connectivity index (χ1) is 6.49. The molecule has 0 radical (unpaired) electrons. The van der Waals surface area contributed by atoms with E-state index in [4.69, 9.17) is 4.74 Å². The van der Waals surface area contributed by atoms with Gasteiger partial charge in [0.2, 0.25) is 0 Å². The molecule has 0 aliphatic carbocycles. The maximum atomic E-state index is 5.98. The second kappa shape index (κ2) is 4.63. The van der Waals surface area contributed by atoms with E-state index in [0.29, 0.717) is 12.1 Å². The first-order valence-electron chi connectivity index (χ1n) is 5.93. The minimum Gasteiger partial charge on any atom is -0.329 e. The van der Waals surface area contributed by atoms with Gasteiger partial charge in [0.1, 0.15) is 0 Å². The SMILES string of the molecule is CCC(C(C)C)C1OCCC[N+]1(C)C. The molecule has 0 N–H and O–H groups in total. The van der Waals surface area contributed by atoms with Crippen molar-refractivity contribution in [2.24, 2.45) is 11.8 Å². The largest absolute Gasteiger partial charge is 0.329 e. The van der Waals surface area contributed by atoms with Crippen molar-refractivity contribution in [3.63, 3.8) is 0 Å². The fraction of sp³-hybridized carbons (Fsp3) is 1.00. The molecule has 0 aromatic rings. The van der Waals surface area contributed by atoms with Gasteiger partial charge in [-0.15, -0.1) is 0 Å². The Bertz CT molecular complexity index is 177. The van der Waals surface area contributed by atoms with Gasteiger partial charge < -0.3 is 9.22 Å². The van der Waals surface area contributed by atoms with Gasteiger partial charge in [0.05, 0.1) is 27.2 Å². The van der Waals surface area contributed by atoms with Crippen LogP contribution in [0.1, 0.15) is 33.6 Å². The third kappa shape index (κ3) is 2.48. The van der Waals surface area contributed by atoms with Crippen LogP contribution in [-0.4, -0.2) is 38.0 Å². The van der Waals surface area contributed by atoms with Crippen LogP contribution in [0, 0.1) is 11.8 Å². The van der Waals surface area contributed by atoms with Crippen molar-refractivity contribution < 1.29 is 9.22 Å². The van der Waals surface area contributed by atoms with Crippen molar-refractivity contribution >= 4 is 0 Å². The minimum absolute atomic E-state index is 0.411. The Balaban J connectivity index is 2.71. The Morgan fingerprint density at radius 2 is 2.00 bits per heavy atom. The third-order valence-corrected chi connectivity index (χ3v) is 3.55. The minimum atomic E-state index is 0.411. The zero-order valence-corrected chi connectivity index (χ0v) is 10.4. The van der Waals surface area contributed by atoms with Crippen LogP contribution in [0.15, 0.2) is 0 Å². The summed E-state index contributed by atoms with van der Waals surface area (Å²) in [6, 6.07) is 0. The normalized spacial score (nSPS) is 29.1. The summed E-state index contributed by atoms with van der Waals surface area (Å²) in [5.41, 5.74) is 0. The Kier molecular flexibility index (Phi) is 3.96. The van der Waals surface area contributed by atoms with Gasteiger partial charge in [0.25, 0.3) is 0 Å². The molecule has 0 amide bonds. The van der Waals surface area contributed by atoms with E-state index in [1.807, 2.05) is 0 Å². The van der Waals surface area contributed by atoms with Crippen molar-refractivity contribution in [2.45, 2.75) is 39.8 Å². The average molecular weight is 200 g/mol. The number of quaternary nitrogens is 1. The first kappa shape index (κ1) is 12.0. The summed E-state index contributed by atoms with van der Waals surface area (Å²) >= 11 is 0. The molecular weight excluding hydrogens is 174 g/mol. The van der Waals surface area contributed by atoms with E-state index in [9.17, 15) is 0 Å². The fourth-order valence-electron chi connectivity index (χ4n) is 2.65. The Morgan fingerprint density at radius 1 is 1.36 bits per heavy atom. The molecule has 0 spiro atoms. The first-order valence-corrected chi connectivity index (χ1v) is 5.93. The van der Waals surface area contributed by atoms with E-state index in [1.165, 1.54) is 19.4 Å². The lowest BCUT2D eigenvalue weighted by Crippen LogP contribution is -2.58. The standard InChI is InChI=1S/C12H26NO/c1-6-11(10(2)3)12-13(4,5)8-7-9-14-12/h10-12H,6-9H2,1-5H3/q+1. The zero-order chi connectivity index (χ0) is 10.8. The summed E-state index contributed by atoms with van der Waals surface area (Å²) in [5, 5.41) is 0. The molecule has 2 unspecified atom stereocenters. The smallest absolute Gasteiger partial charge is 0.195 e. The molecule has 2 nitrogen and oxygen atoms in total. The topological polar surface area (TPSA) is 9.23 Å². The summed E-state index contributed by atoms with van der Waals surface area (Å²) in [5.74, 6) is 1.42. The van der Waals surface area contributed by atoms with E-state index >= 15 is 0 Å². The van der Waals surface area contributed by atoms with Crippen LogP contribution in [0.5, 0.6) is 0 Å². The quantitative estimate of drug-likeness (QED) is 0.636. The highest BCUT2D eigenvalue weighted by Gasteiger charge is 2.39. The second-order valence-electron chi connectivity index (χ2n) is 5.43. The third-order valence-electron chi connectivity index (χ3n) is 3.55. The molecule has 1 aliphatic heterocycles. The summed E-state index contributed by atoms with van der Waals surface area (Å²) < 4.78 is 7.02. The van der Waals surface area contributed by atoms with E-state index < -0.39 is 0 Å². The molecule has 1 aliphatic rings. The van der Waals surface area contributed by atoms with Crippen LogP contribution < -0.4 is 0 Å². The molecule has 1 heterocycles. The molecule has 1 rings (SSSR count). The Labute approximate surface area is 88.8 Å². The van der Waals surface area contributed by atoms with Crippen LogP contribution in [0.3, 0.4) is 0 Å². The van der Waals surface area contributed by atoms with Gasteiger partial charge in [-0.25, -0.2) is 0 Å². The molecule has 2 heteroatoms. The molecule has 1 fully saturated rings. The molecule has 84 valence electrons. The van der Waals surface area contributed by atoms with Crippen molar-refractivity contribution in [3.05, 3.63) is 0 Å². The van der Waals surface area contributed by atoms with Gasteiger partial charge in [-0.05, 0) is 12.3 Å². The highest BCUT2D eigenvalue weighted by Crippen LogP contribution is 2.29. The summed E-state index contributed by atoms with van der Waals surface area (Å²) in [6.45, 7) is 9.12. The molecule has 1 saturated heterocycles. The van der Waals surface area contributed by atoms with Gasteiger partial charge in [0.15, 0.2) is 6.23 Å². The second-order valence-corrected chi connectivity index (χ2v) is 5.43. The Morgan fingerprint density at radius 3 is 2.43 bits per heavy atom. The average Bonchev–Trinajstić information content (AvgIpc) is 2.08. The number of hydrogen-bond donors (Lipinski definition) is 0. The van der Waals surface area contributed by atoms with E-state index in [2.05, 4.69) is 34.9 Å². The molecule has 0 bridgehead atoms. The summed E-state index contributed by atoms with van der Waals surface area (Å²) in [7, 11) is 4.60. The van der Waals surface area contributed by atoms with E-state index in [0.717, 1.165) is 17.0 Å². The lowest BCUT2D eigenvalue weighted by Gasteiger charge is -2.45. The molecule has 0 aromatic heterocycles. The molecule has 14 heavy (non-hydrogen) atoms. The molecule has 0 aromatic carbocycles. The Hall–Kier alpha value is -0.0800. The maximum Gasteiger partial charge on any atom is 0.195 e. The van der Waals surface area contributed by atoms with Crippen molar-refractivity contribution in [1.29, 1.82) is 0 Å². The van der Waals surface area contributed by atoms with Crippen molar-refractivity contribution in [3.8, 4) is 0 Å². The molecule has 0 saturated carbocycles. The predicted octanol–water partition coefficient (Wildman–Crippen LogP) is 2.49. The van der Waals surface area contributed by atoms with Crippen LogP contribution >= 0.6 is 0 Å². The number of ether oxygens (including phenoxy) is 1. The molecular formula is C12H26NO+. The number of rotatable bonds is 3. The van der Waals surface area contributed by atoms with Crippen LogP contribution in [0.2, 0.25) is 0 Å². The maximum absolute atomic E-state index is 5.98. The lowest BCUT2D eigenvalue weighted by atomic mass is 9.89. The number of hydrogen-bond acceptors (Lipinski definition) is 1. The van der Waals surface area contributed by atoms with Crippen LogP contribution in [-0.2, 0) is 4.74 Å².